The molecule has 2 aliphatic heterocycles. The van der Waals surface area contributed by atoms with Crippen molar-refractivity contribution < 1.29 is 22.5 Å². The Bertz CT molecular complexity index is 560. The number of aromatic nitrogens is 2. The fourth-order valence-corrected chi connectivity index (χ4v) is 3.29. The molecule has 0 spiro atoms. The number of carbonyl (C=O) groups excluding carboxylic acids is 1. The Kier molecular flexibility index (Phi) is 3.84. The predicted molar refractivity (Wildman–Crippen MR) is 68.8 cm³/mol. The van der Waals surface area contributed by atoms with Gasteiger partial charge in [0.15, 0.2) is 5.82 Å². The fourth-order valence-electron chi connectivity index (χ4n) is 3.29. The van der Waals surface area contributed by atoms with Crippen LogP contribution in [-0.4, -0.2) is 57.7 Å². The number of aryl methyl sites for hydroxylation is 1. The zero-order valence-electron chi connectivity index (χ0n) is 12.1. The lowest BCUT2D eigenvalue weighted by Crippen LogP contribution is -2.43. The summed E-state index contributed by atoms with van der Waals surface area (Å²) in [4.78, 5) is 19.3. The minimum atomic E-state index is -4.36. The van der Waals surface area contributed by atoms with Gasteiger partial charge in [0.2, 0.25) is 11.8 Å². The molecular weight excluding hydrogens is 301 g/mol. The summed E-state index contributed by atoms with van der Waals surface area (Å²) in [6, 6.07) is -0.675. The van der Waals surface area contributed by atoms with E-state index in [-0.39, 0.29) is 12.6 Å². The van der Waals surface area contributed by atoms with Crippen molar-refractivity contribution in [1.29, 1.82) is 0 Å². The van der Waals surface area contributed by atoms with Gasteiger partial charge in [-0.15, -0.1) is 0 Å². The van der Waals surface area contributed by atoms with Crippen LogP contribution >= 0.6 is 0 Å². The number of alkyl halides is 3. The van der Waals surface area contributed by atoms with Crippen LogP contribution in [0.4, 0.5) is 13.2 Å². The number of hydrogen-bond acceptors (Lipinski definition) is 5. The molecule has 0 aromatic carbocycles. The summed E-state index contributed by atoms with van der Waals surface area (Å²) < 4.78 is 42.4. The molecule has 3 rings (SSSR count). The van der Waals surface area contributed by atoms with Crippen molar-refractivity contribution in [3.05, 3.63) is 11.7 Å². The SMILES string of the molecule is Cc1nc([C@@H]2CCCN2[C@@H]2CCN(CC(F)(F)F)C2=O)no1. The first-order chi connectivity index (χ1) is 10.3. The van der Waals surface area contributed by atoms with Crippen LogP contribution in [-0.2, 0) is 4.79 Å². The molecule has 2 fully saturated rings. The minimum absolute atomic E-state index is 0.136. The van der Waals surface area contributed by atoms with E-state index >= 15 is 0 Å². The summed E-state index contributed by atoms with van der Waals surface area (Å²) in [5, 5.41) is 3.89. The van der Waals surface area contributed by atoms with Crippen LogP contribution < -0.4 is 0 Å². The molecule has 0 bridgehead atoms. The summed E-state index contributed by atoms with van der Waals surface area (Å²) in [6.45, 7) is 1.30. The smallest absolute Gasteiger partial charge is 0.340 e. The van der Waals surface area contributed by atoms with Gasteiger partial charge in [-0.1, -0.05) is 5.16 Å². The summed E-state index contributed by atoms with van der Waals surface area (Å²) in [5.41, 5.74) is 0. The summed E-state index contributed by atoms with van der Waals surface area (Å²) in [5.74, 6) is 0.500. The number of amides is 1. The highest BCUT2D eigenvalue weighted by Gasteiger charge is 2.45. The highest BCUT2D eigenvalue weighted by atomic mass is 19.4. The molecule has 1 aromatic heterocycles. The van der Waals surface area contributed by atoms with Crippen LogP contribution in [0.1, 0.15) is 37.0 Å². The van der Waals surface area contributed by atoms with Gasteiger partial charge in [0, 0.05) is 13.5 Å². The second-order valence-corrected chi connectivity index (χ2v) is 5.75. The van der Waals surface area contributed by atoms with Crippen LogP contribution in [0.3, 0.4) is 0 Å². The van der Waals surface area contributed by atoms with Crippen LogP contribution in [0.15, 0.2) is 4.52 Å². The van der Waals surface area contributed by atoms with E-state index in [0.29, 0.717) is 24.7 Å². The van der Waals surface area contributed by atoms with Crippen LogP contribution in [0, 0.1) is 6.92 Å². The lowest BCUT2D eigenvalue weighted by molar-refractivity contribution is -0.159. The van der Waals surface area contributed by atoms with E-state index in [1.807, 2.05) is 4.90 Å². The fraction of sp³-hybridized carbons (Fsp3) is 0.769. The molecule has 0 N–H and O–H groups in total. The van der Waals surface area contributed by atoms with Gasteiger partial charge in [-0.05, 0) is 25.8 Å². The molecule has 0 unspecified atom stereocenters. The normalized spacial score (nSPS) is 27.1. The molecule has 1 amide bonds. The van der Waals surface area contributed by atoms with Crippen LogP contribution in [0.5, 0.6) is 0 Å². The predicted octanol–water partition coefficient (Wildman–Crippen LogP) is 1.68. The Labute approximate surface area is 125 Å². The second kappa shape index (κ2) is 5.53. The maximum absolute atomic E-state index is 12.5. The molecule has 0 saturated carbocycles. The summed E-state index contributed by atoms with van der Waals surface area (Å²) in [7, 11) is 0. The lowest BCUT2D eigenvalue weighted by Gasteiger charge is -2.27. The second-order valence-electron chi connectivity index (χ2n) is 5.75. The Morgan fingerprint density at radius 1 is 1.27 bits per heavy atom. The van der Waals surface area contributed by atoms with E-state index in [4.69, 9.17) is 4.52 Å². The molecule has 3 heterocycles. The zero-order chi connectivity index (χ0) is 15.9. The molecule has 0 radical (unpaired) electrons. The van der Waals surface area contributed by atoms with E-state index in [1.165, 1.54) is 0 Å². The van der Waals surface area contributed by atoms with Gasteiger partial charge in [-0.2, -0.15) is 18.2 Å². The van der Waals surface area contributed by atoms with Gasteiger partial charge in [0.1, 0.15) is 6.54 Å². The zero-order valence-corrected chi connectivity index (χ0v) is 12.1. The number of carbonyl (C=O) groups is 1. The van der Waals surface area contributed by atoms with Crippen molar-refractivity contribution in [1.82, 2.24) is 19.9 Å². The maximum Gasteiger partial charge on any atom is 0.406 e. The molecule has 0 aliphatic carbocycles. The Morgan fingerprint density at radius 2 is 2.05 bits per heavy atom. The van der Waals surface area contributed by atoms with Gasteiger partial charge in [0.25, 0.3) is 0 Å². The van der Waals surface area contributed by atoms with E-state index in [9.17, 15) is 18.0 Å². The topological polar surface area (TPSA) is 62.5 Å². The Morgan fingerprint density at radius 3 is 2.68 bits per heavy atom. The van der Waals surface area contributed by atoms with E-state index < -0.39 is 24.7 Å². The van der Waals surface area contributed by atoms with Gasteiger partial charge in [-0.3, -0.25) is 9.69 Å². The van der Waals surface area contributed by atoms with Gasteiger partial charge in [0.05, 0.1) is 12.1 Å². The summed E-state index contributed by atoms with van der Waals surface area (Å²) >= 11 is 0. The molecule has 22 heavy (non-hydrogen) atoms. The minimum Gasteiger partial charge on any atom is -0.340 e. The van der Waals surface area contributed by atoms with Gasteiger partial charge in [-0.25, -0.2) is 0 Å². The Balaban J connectivity index is 1.72. The number of nitrogens with zero attached hydrogens (tertiary/aromatic N) is 4. The van der Waals surface area contributed by atoms with Crippen molar-refractivity contribution in [2.24, 2.45) is 0 Å². The molecule has 2 atom stereocenters. The quantitative estimate of drug-likeness (QED) is 0.848. The first-order valence-electron chi connectivity index (χ1n) is 7.26. The van der Waals surface area contributed by atoms with Crippen LogP contribution in [0.25, 0.3) is 0 Å². The van der Waals surface area contributed by atoms with E-state index in [1.54, 1.807) is 6.92 Å². The standard InChI is InChI=1S/C13H17F3N4O2/c1-8-17-11(18-22-8)9-3-2-5-20(9)10-4-6-19(12(10)21)7-13(14,15)16/h9-10H,2-7H2,1H3/t9-,10+/m0/s1. The number of hydrogen-bond donors (Lipinski definition) is 0. The van der Waals surface area contributed by atoms with Crippen molar-refractivity contribution in [2.75, 3.05) is 19.6 Å². The first kappa shape index (κ1) is 15.3. The Hall–Kier alpha value is -1.64. The average Bonchev–Trinajstić information content (AvgIpc) is 3.10. The molecule has 9 heteroatoms. The molecule has 1 aromatic rings. The first-order valence-corrected chi connectivity index (χ1v) is 7.26. The van der Waals surface area contributed by atoms with Gasteiger partial charge >= 0.3 is 6.18 Å². The number of halogens is 3. The van der Waals surface area contributed by atoms with Crippen molar-refractivity contribution >= 4 is 5.91 Å². The molecule has 2 saturated heterocycles. The van der Waals surface area contributed by atoms with Crippen LogP contribution in [0.2, 0.25) is 0 Å². The van der Waals surface area contributed by atoms with Crippen molar-refractivity contribution in [2.45, 2.75) is 44.4 Å². The van der Waals surface area contributed by atoms with Crippen molar-refractivity contribution in [3.63, 3.8) is 0 Å². The third-order valence-corrected chi connectivity index (χ3v) is 4.18. The van der Waals surface area contributed by atoms with E-state index in [0.717, 1.165) is 17.7 Å². The third kappa shape index (κ3) is 2.94. The molecule has 2 aliphatic rings. The monoisotopic (exact) mass is 318 g/mol. The molecular formula is C13H17F3N4O2. The molecule has 6 nitrogen and oxygen atoms in total. The number of rotatable bonds is 3. The number of likely N-dealkylation sites (tertiary alicyclic amines) is 2. The third-order valence-electron chi connectivity index (χ3n) is 4.18. The highest BCUT2D eigenvalue weighted by Crippen LogP contribution is 2.35. The summed E-state index contributed by atoms with van der Waals surface area (Å²) in [6.07, 6.45) is -2.31. The van der Waals surface area contributed by atoms with E-state index in [2.05, 4.69) is 10.1 Å². The van der Waals surface area contributed by atoms with Crippen molar-refractivity contribution in [3.8, 4) is 0 Å². The largest absolute Gasteiger partial charge is 0.406 e. The van der Waals surface area contributed by atoms with Gasteiger partial charge < -0.3 is 9.42 Å². The average molecular weight is 318 g/mol. The molecule has 122 valence electrons. The highest BCUT2D eigenvalue weighted by molar-refractivity contribution is 5.84. The maximum atomic E-state index is 12.5. The lowest BCUT2D eigenvalue weighted by atomic mass is 10.1.